The molecule has 3 heteroatoms. The van der Waals surface area contributed by atoms with Gasteiger partial charge in [0.05, 0.1) is 5.56 Å². The first kappa shape index (κ1) is 9.90. The minimum Gasteiger partial charge on any atom is -0.398 e. The maximum Gasteiger partial charge on any atom is 0.254 e. The summed E-state index contributed by atoms with van der Waals surface area (Å²) in [5.74, 6) is -0.0738. The Morgan fingerprint density at radius 3 is 2.59 bits per heavy atom. The second-order valence-corrected chi connectivity index (χ2v) is 4.10. The first-order chi connectivity index (χ1) is 8.27. The second kappa shape index (κ2) is 3.63. The number of carbonyl (C=O) groups excluding carboxylic acids is 1. The Bertz CT molecular complexity index is 591. The van der Waals surface area contributed by atoms with Crippen molar-refractivity contribution in [3.63, 3.8) is 0 Å². The van der Waals surface area contributed by atoms with Gasteiger partial charge in [-0.25, -0.2) is 0 Å². The summed E-state index contributed by atoms with van der Waals surface area (Å²) in [6, 6.07) is 13.8. The number of fused-ring (bicyclic) bond motifs is 1. The average Bonchev–Trinajstić information content (AvgIpc) is 2.74. The maximum atomic E-state index is 11.7. The molecule has 1 heterocycles. The third-order valence-corrected chi connectivity index (χ3v) is 3.08. The fourth-order valence-corrected chi connectivity index (χ4v) is 2.26. The van der Waals surface area contributed by atoms with E-state index in [-0.39, 0.29) is 5.91 Å². The lowest BCUT2D eigenvalue weighted by molar-refractivity contribution is 0.0966. The monoisotopic (exact) mass is 224 g/mol. The van der Waals surface area contributed by atoms with E-state index in [9.17, 15) is 4.79 Å². The van der Waals surface area contributed by atoms with E-state index in [4.69, 9.17) is 5.73 Å². The van der Waals surface area contributed by atoms with E-state index < -0.39 is 0 Å². The Balaban J connectivity index is 2.24. The van der Waals surface area contributed by atoms with E-state index in [1.807, 2.05) is 36.4 Å². The molecule has 3 N–H and O–H groups in total. The SMILES string of the molecule is Nc1ccc(-c2ccccc2)c2c1C(=O)NC2. The van der Waals surface area contributed by atoms with Gasteiger partial charge in [-0.15, -0.1) is 0 Å². The molecule has 0 aliphatic carbocycles. The van der Waals surface area contributed by atoms with Crippen LogP contribution in [0.2, 0.25) is 0 Å². The Kier molecular flexibility index (Phi) is 2.11. The first-order valence-electron chi connectivity index (χ1n) is 5.52. The van der Waals surface area contributed by atoms with Crippen molar-refractivity contribution in [2.75, 3.05) is 5.73 Å². The Hall–Kier alpha value is -2.29. The standard InChI is InChI=1S/C14H12N2O/c15-12-7-6-10(9-4-2-1-3-5-9)11-8-16-14(17)13(11)12/h1-7H,8,15H2,(H,16,17). The normalized spacial score (nSPS) is 13.3. The first-order valence-corrected chi connectivity index (χ1v) is 5.52. The minimum atomic E-state index is -0.0738. The van der Waals surface area contributed by atoms with E-state index in [2.05, 4.69) is 5.32 Å². The van der Waals surface area contributed by atoms with Crippen molar-refractivity contribution < 1.29 is 4.79 Å². The number of hydrogen-bond acceptors (Lipinski definition) is 2. The fraction of sp³-hybridized carbons (Fsp3) is 0.0714. The number of amides is 1. The number of rotatable bonds is 1. The Morgan fingerprint density at radius 2 is 1.82 bits per heavy atom. The summed E-state index contributed by atoms with van der Waals surface area (Å²) in [6.45, 7) is 0.559. The third kappa shape index (κ3) is 1.47. The quantitative estimate of drug-likeness (QED) is 0.729. The summed E-state index contributed by atoms with van der Waals surface area (Å²) >= 11 is 0. The van der Waals surface area contributed by atoms with Crippen LogP contribution in [0.3, 0.4) is 0 Å². The van der Waals surface area contributed by atoms with E-state index >= 15 is 0 Å². The van der Waals surface area contributed by atoms with Crippen LogP contribution in [0.15, 0.2) is 42.5 Å². The molecule has 2 aromatic carbocycles. The van der Waals surface area contributed by atoms with Gasteiger partial charge in [0.2, 0.25) is 0 Å². The van der Waals surface area contributed by atoms with Crippen LogP contribution in [-0.2, 0) is 6.54 Å². The molecule has 0 aromatic heterocycles. The molecule has 0 radical (unpaired) electrons. The van der Waals surface area contributed by atoms with Crippen molar-refractivity contribution in [1.29, 1.82) is 0 Å². The van der Waals surface area contributed by atoms with Crippen molar-refractivity contribution >= 4 is 11.6 Å². The molecule has 0 unspecified atom stereocenters. The number of hydrogen-bond donors (Lipinski definition) is 2. The van der Waals surface area contributed by atoms with E-state index in [0.29, 0.717) is 17.8 Å². The second-order valence-electron chi connectivity index (χ2n) is 4.10. The van der Waals surface area contributed by atoms with Gasteiger partial charge in [-0.1, -0.05) is 36.4 Å². The molecular weight excluding hydrogens is 212 g/mol. The van der Waals surface area contributed by atoms with Crippen LogP contribution in [0.4, 0.5) is 5.69 Å². The largest absolute Gasteiger partial charge is 0.398 e. The van der Waals surface area contributed by atoms with Crippen molar-refractivity contribution in [2.45, 2.75) is 6.54 Å². The number of carbonyl (C=O) groups is 1. The van der Waals surface area contributed by atoms with Crippen molar-refractivity contribution in [3.8, 4) is 11.1 Å². The highest BCUT2D eigenvalue weighted by Gasteiger charge is 2.24. The third-order valence-electron chi connectivity index (χ3n) is 3.08. The molecule has 0 fully saturated rings. The highest BCUT2D eigenvalue weighted by Crippen LogP contribution is 2.32. The van der Waals surface area contributed by atoms with E-state index in [0.717, 1.165) is 16.7 Å². The van der Waals surface area contributed by atoms with Crippen LogP contribution < -0.4 is 11.1 Å². The lowest BCUT2D eigenvalue weighted by Gasteiger charge is -2.08. The molecule has 0 saturated heterocycles. The van der Waals surface area contributed by atoms with Gasteiger partial charge < -0.3 is 11.1 Å². The highest BCUT2D eigenvalue weighted by molar-refractivity contribution is 6.05. The number of nitrogen functional groups attached to an aromatic ring is 1. The molecule has 2 aromatic rings. The van der Waals surface area contributed by atoms with Crippen LogP contribution in [0.25, 0.3) is 11.1 Å². The number of nitrogens with one attached hydrogen (secondary N) is 1. The van der Waals surface area contributed by atoms with Gasteiger partial charge in [-0.3, -0.25) is 4.79 Å². The maximum absolute atomic E-state index is 11.7. The molecule has 17 heavy (non-hydrogen) atoms. The number of nitrogens with two attached hydrogens (primary N) is 1. The zero-order valence-corrected chi connectivity index (χ0v) is 9.23. The van der Waals surface area contributed by atoms with Crippen LogP contribution in [0, 0.1) is 0 Å². The molecule has 84 valence electrons. The van der Waals surface area contributed by atoms with Gasteiger partial charge in [-0.05, 0) is 22.8 Å². The molecule has 0 spiro atoms. The summed E-state index contributed by atoms with van der Waals surface area (Å²) in [4.78, 5) is 11.7. The summed E-state index contributed by atoms with van der Waals surface area (Å²) in [7, 11) is 0. The fourth-order valence-electron chi connectivity index (χ4n) is 2.26. The van der Waals surface area contributed by atoms with Crippen molar-refractivity contribution in [1.82, 2.24) is 5.32 Å². The van der Waals surface area contributed by atoms with Gasteiger partial charge in [0.25, 0.3) is 5.91 Å². The van der Waals surface area contributed by atoms with Crippen LogP contribution in [0.5, 0.6) is 0 Å². The van der Waals surface area contributed by atoms with Crippen LogP contribution in [0.1, 0.15) is 15.9 Å². The van der Waals surface area contributed by atoms with Gasteiger partial charge in [0, 0.05) is 12.2 Å². The van der Waals surface area contributed by atoms with Gasteiger partial charge in [-0.2, -0.15) is 0 Å². The molecule has 0 bridgehead atoms. The summed E-state index contributed by atoms with van der Waals surface area (Å²) in [5.41, 5.74) is 10.2. The zero-order valence-electron chi connectivity index (χ0n) is 9.23. The molecule has 0 saturated carbocycles. The summed E-state index contributed by atoms with van der Waals surface area (Å²) < 4.78 is 0. The molecule has 3 rings (SSSR count). The molecule has 1 amide bonds. The predicted octanol–water partition coefficient (Wildman–Crippen LogP) is 2.18. The molecule has 1 aliphatic heterocycles. The molecule has 1 aliphatic rings. The molecular formula is C14H12N2O. The number of anilines is 1. The molecule has 0 atom stereocenters. The summed E-state index contributed by atoms with van der Waals surface area (Å²) in [6.07, 6.45) is 0. The topological polar surface area (TPSA) is 55.1 Å². The lowest BCUT2D eigenvalue weighted by atomic mass is 9.96. The highest BCUT2D eigenvalue weighted by atomic mass is 16.1. The summed E-state index contributed by atoms with van der Waals surface area (Å²) in [5, 5.41) is 2.82. The number of benzene rings is 2. The van der Waals surface area contributed by atoms with Gasteiger partial charge in [0.1, 0.15) is 0 Å². The predicted molar refractivity (Wildman–Crippen MR) is 67.5 cm³/mol. The van der Waals surface area contributed by atoms with Gasteiger partial charge >= 0.3 is 0 Å². The molecule has 3 nitrogen and oxygen atoms in total. The van der Waals surface area contributed by atoms with Crippen LogP contribution in [-0.4, -0.2) is 5.91 Å². The average molecular weight is 224 g/mol. The van der Waals surface area contributed by atoms with Crippen molar-refractivity contribution in [3.05, 3.63) is 53.6 Å². The van der Waals surface area contributed by atoms with E-state index in [1.165, 1.54) is 0 Å². The van der Waals surface area contributed by atoms with E-state index in [1.54, 1.807) is 6.07 Å². The smallest absolute Gasteiger partial charge is 0.254 e. The lowest BCUT2D eigenvalue weighted by Crippen LogP contribution is -2.13. The van der Waals surface area contributed by atoms with Crippen LogP contribution >= 0.6 is 0 Å². The Morgan fingerprint density at radius 1 is 1.06 bits per heavy atom. The van der Waals surface area contributed by atoms with Crippen molar-refractivity contribution in [2.24, 2.45) is 0 Å². The minimum absolute atomic E-state index is 0.0738. The van der Waals surface area contributed by atoms with Gasteiger partial charge in [0.15, 0.2) is 0 Å². The Labute approximate surface area is 99.3 Å². The zero-order chi connectivity index (χ0) is 11.8.